The molecule has 152 valence electrons. The lowest BCUT2D eigenvalue weighted by atomic mass is 9.48. The molecular weight excluding hydrogens is 380 g/mol. The molecule has 1 aromatic carbocycles. The summed E-state index contributed by atoms with van der Waals surface area (Å²) in [5, 5.41) is 0. The summed E-state index contributed by atoms with van der Waals surface area (Å²) in [6.07, 6.45) is 10.9. The highest BCUT2D eigenvalue weighted by Crippen LogP contribution is 2.63. The van der Waals surface area contributed by atoms with Gasteiger partial charge in [-0.2, -0.15) is 0 Å². The second-order valence-corrected chi connectivity index (χ2v) is 11.3. The molecule has 2 fully saturated rings. The van der Waals surface area contributed by atoms with Gasteiger partial charge in [0.15, 0.2) is 0 Å². The summed E-state index contributed by atoms with van der Waals surface area (Å²) >= 11 is 0. The van der Waals surface area contributed by atoms with Crippen LogP contribution in [0.4, 0.5) is 0 Å². The van der Waals surface area contributed by atoms with E-state index in [0.29, 0.717) is 22.1 Å². The number of carbonyl (C=O) groups excluding carboxylic acids is 2. The first-order valence-corrected chi connectivity index (χ1v) is 12.0. The van der Waals surface area contributed by atoms with Crippen molar-refractivity contribution in [2.75, 3.05) is 0 Å². The van der Waals surface area contributed by atoms with E-state index in [9.17, 15) is 13.8 Å². The van der Waals surface area contributed by atoms with Crippen LogP contribution in [0.25, 0.3) is 0 Å². The predicted octanol–water partition coefficient (Wildman–Crippen LogP) is 5.00. The van der Waals surface area contributed by atoms with Crippen molar-refractivity contribution in [3.63, 3.8) is 0 Å². The lowest BCUT2D eigenvalue weighted by Crippen LogP contribution is -2.53. The van der Waals surface area contributed by atoms with Crippen molar-refractivity contribution in [1.29, 1.82) is 0 Å². The van der Waals surface area contributed by atoms with Crippen LogP contribution in [-0.4, -0.2) is 15.8 Å². The summed E-state index contributed by atoms with van der Waals surface area (Å²) in [4.78, 5) is 27.3. The van der Waals surface area contributed by atoms with Crippen LogP contribution in [0.3, 0.4) is 0 Å². The van der Waals surface area contributed by atoms with Crippen LogP contribution in [0.1, 0.15) is 52.4 Å². The van der Waals surface area contributed by atoms with E-state index in [2.05, 4.69) is 13.0 Å². The maximum Gasteiger partial charge on any atom is 0.238 e. The average Bonchev–Trinajstić information content (AvgIpc) is 3.13. The Morgan fingerprint density at radius 2 is 1.76 bits per heavy atom. The second kappa shape index (κ2) is 6.60. The Balaban J connectivity index is 1.56. The van der Waals surface area contributed by atoms with Crippen molar-refractivity contribution >= 4 is 22.4 Å². The first-order chi connectivity index (χ1) is 13.9. The number of hydrogen-bond donors (Lipinski definition) is 0. The van der Waals surface area contributed by atoms with Gasteiger partial charge >= 0.3 is 0 Å². The van der Waals surface area contributed by atoms with Crippen LogP contribution >= 0.6 is 0 Å². The molecule has 0 aliphatic heterocycles. The molecule has 5 rings (SSSR count). The van der Waals surface area contributed by atoms with Gasteiger partial charge in [0.25, 0.3) is 0 Å². The van der Waals surface area contributed by atoms with Crippen LogP contribution < -0.4 is 0 Å². The first-order valence-electron chi connectivity index (χ1n) is 10.8. The topological polar surface area (TPSA) is 51.2 Å². The third-order valence-electron chi connectivity index (χ3n) is 8.51. The highest BCUT2D eigenvalue weighted by molar-refractivity contribution is 7.90. The van der Waals surface area contributed by atoms with Gasteiger partial charge < -0.3 is 0 Å². The lowest BCUT2D eigenvalue weighted by molar-refractivity contribution is -0.144. The minimum absolute atomic E-state index is 0.143. The standard InChI is InChI=1S/C25H28O3S/c1-24-13-6-9-19(24)18-11-10-16-15-21(29(28)17-7-4-3-5-8-17)22(26)23(27)25(16,2)20(18)12-14-24/h3-5,7-8,10,15,18-20H,6,9,11-14H2,1-2H3/t18-,19-,20-,24-,25-,29?/m0/s1. The highest BCUT2D eigenvalue weighted by Gasteiger charge is 2.59. The highest BCUT2D eigenvalue weighted by atomic mass is 32.2. The summed E-state index contributed by atoms with van der Waals surface area (Å²) in [5.41, 5.74) is 0.568. The number of carbonyl (C=O) groups is 2. The number of ketones is 2. The quantitative estimate of drug-likeness (QED) is 0.647. The summed E-state index contributed by atoms with van der Waals surface area (Å²) in [6.45, 7) is 4.41. The monoisotopic (exact) mass is 408 g/mol. The minimum atomic E-state index is -1.62. The molecule has 0 heterocycles. The summed E-state index contributed by atoms with van der Waals surface area (Å²) in [6, 6.07) is 8.95. The Kier molecular flexibility index (Phi) is 4.36. The minimum Gasteiger partial charge on any atom is -0.289 e. The molecule has 29 heavy (non-hydrogen) atoms. The Labute approximate surface area is 175 Å². The SMILES string of the molecule is C[C@@]12CCC[C@H]1[C@@H]1CC=C3C=C(S(=O)c4ccccc4)C(=O)C(=O)[C@]3(C)[C@H]1CC2. The van der Waals surface area contributed by atoms with Crippen molar-refractivity contribution < 1.29 is 13.8 Å². The summed E-state index contributed by atoms with van der Waals surface area (Å²) < 4.78 is 13.1. The number of fused-ring (bicyclic) bond motifs is 5. The van der Waals surface area contributed by atoms with E-state index in [-0.39, 0.29) is 16.6 Å². The Morgan fingerprint density at radius 1 is 1.00 bits per heavy atom. The number of hydrogen-bond acceptors (Lipinski definition) is 3. The number of Topliss-reactive ketones (excluding diaryl/α,β-unsaturated/α-hetero) is 2. The van der Waals surface area contributed by atoms with E-state index in [0.717, 1.165) is 24.8 Å². The lowest BCUT2D eigenvalue weighted by Gasteiger charge is -2.54. The molecule has 0 spiro atoms. The number of benzene rings is 1. The molecule has 1 aromatic rings. The van der Waals surface area contributed by atoms with Crippen LogP contribution in [0, 0.1) is 28.6 Å². The molecule has 0 amide bonds. The molecule has 4 aliphatic carbocycles. The van der Waals surface area contributed by atoms with E-state index in [1.165, 1.54) is 19.3 Å². The van der Waals surface area contributed by atoms with Crippen LogP contribution in [-0.2, 0) is 20.4 Å². The molecule has 0 radical (unpaired) electrons. The van der Waals surface area contributed by atoms with E-state index in [4.69, 9.17) is 0 Å². The zero-order chi connectivity index (χ0) is 20.4. The van der Waals surface area contributed by atoms with Crippen molar-refractivity contribution in [1.82, 2.24) is 0 Å². The molecule has 6 atom stereocenters. The van der Waals surface area contributed by atoms with Gasteiger partial charge in [-0.15, -0.1) is 0 Å². The van der Waals surface area contributed by atoms with Gasteiger partial charge in [-0.05, 0) is 86.0 Å². The normalized spacial score (nSPS) is 39.7. The van der Waals surface area contributed by atoms with Gasteiger partial charge in [0.1, 0.15) is 0 Å². The maximum absolute atomic E-state index is 13.5. The van der Waals surface area contributed by atoms with Crippen LogP contribution in [0.5, 0.6) is 0 Å². The Bertz CT molecular complexity index is 975. The van der Waals surface area contributed by atoms with Crippen molar-refractivity contribution in [2.45, 2.75) is 57.3 Å². The van der Waals surface area contributed by atoms with Gasteiger partial charge in [0.2, 0.25) is 11.6 Å². The molecule has 2 saturated carbocycles. The molecule has 4 aliphatic rings. The van der Waals surface area contributed by atoms with Crippen molar-refractivity contribution in [3.05, 3.63) is 53.0 Å². The van der Waals surface area contributed by atoms with Crippen LogP contribution in [0.15, 0.2) is 57.9 Å². The zero-order valence-electron chi connectivity index (χ0n) is 17.1. The van der Waals surface area contributed by atoms with E-state index >= 15 is 0 Å². The summed E-state index contributed by atoms with van der Waals surface area (Å²) in [7, 11) is -1.62. The zero-order valence-corrected chi connectivity index (χ0v) is 18.0. The Morgan fingerprint density at radius 3 is 2.52 bits per heavy atom. The van der Waals surface area contributed by atoms with Gasteiger partial charge in [-0.25, -0.2) is 4.21 Å². The van der Waals surface area contributed by atoms with Crippen molar-refractivity contribution in [3.8, 4) is 0 Å². The Hall–Kier alpha value is -1.81. The average molecular weight is 409 g/mol. The molecule has 0 saturated heterocycles. The fraction of sp³-hybridized carbons (Fsp3) is 0.520. The van der Waals surface area contributed by atoms with Gasteiger partial charge in [-0.3, -0.25) is 9.59 Å². The molecular formula is C25H28O3S. The molecule has 0 bridgehead atoms. The molecule has 1 unspecified atom stereocenters. The van der Waals surface area contributed by atoms with E-state index < -0.39 is 22.0 Å². The molecule has 3 nitrogen and oxygen atoms in total. The largest absolute Gasteiger partial charge is 0.289 e. The number of rotatable bonds is 2. The third kappa shape index (κ3) is 2.64. The van der Waals surface area contributed by atoms with Crippen molar-refractivity contribution in [2.24, 2.45) is 28.6 Å². The molecule has 0 aromatic heterocycles. The first kappa shape index (κ1) is 19.2. The third-order valence-corrected chi connectivity index (χ3v) is 9.92. The fourth-order valence-corrected chi connectivity index (χ4v) is 8.04. The predicted molar refractivity (Wildman–Crippen MR) is 113 cm³/mol. The summed E-state index contributed by atoms with van der Waals surface area (Å²) in [5.74, 6) is 0.464. The van der Waals surface area contributed by atoms with Gasteiger partial charge in [0, 0.05) is 4.90 Å². The second-order valence-electron chi connectivity index (χ2n) is 9.81. The smallest absolute Gasteiger partial charge is 0.238 e. The van der Waals surface area contributed by atoms with E-state index in [1.807, 2.05) is 13.0 Å². The molecule has 4 heteroatoms. The number of allylic oxidation sites excluding steroid dienone is 4. The molecule has 0 N–H and O–H groups in total. The van der Waals surface area contributed by atoms with Crippen LogP contribution in [0.2, 0.25) is 0 Å². The van der Waals surface area contributed by atoms with E-state index in [1.54, 1.807) is 30.3 Å². The maximum atomic E-state index is 13.5. The van der Waals surface area contributed by atoms with Gasteiger partial charge in [-0.1, -0.05) is 37.6 Å². The fourth-order valence-electron chi connectivity index (χ4n) is 6.89. The van der Waals surface area contributed by atoms with Gasteiger partial charge in [0.05, 0.1) is 21.1 Å².